The Morgan fingerprint density at radius 2 is 2.13 bits per heavy atom. The molecule has 0 fully saturated rings. The van der Waals surface area contributed by atoms with Gasteiger partial charge >= 0.3 is 0 Å². The van der Waals surface area contributed by atoms with Crippen molar-refractivity contribution in [2.75, 3.05) is 13.7 Å². The molecule has 0 heterocycles. The van der Waals surface area contributed by atoms with E-state index < -0.39 is 6.10 Å². The first kappa shape index (κ1) is 17.8. The van der Waals surface area contributed by atoms with Crippen molar-refractivity contribution < 1.29 is 14.6 Å². The molecule has 0 spiro atoms. The minimum Gasteiger partial charge on any atom is -0.497 e. The molecular formula is C19H29NO3. The van der Waals surface area contributed by atoms with Crippen LogP contribution < -0.4 is 4.74 Å². The number of aliphatic hydroxyl groups is 1. The first-order valence-electron chi connectivity index (χ1n) is 8.56. The molecule has 1 N–H and O–H groups in total. The van der Waals surface area contributed by atoms with E-state index in [0.717, 1.165) is 25.0 Å². The van der Waals surface area contributed by atoms with Crippen LogP contribution in [0.15, 0.2) is 18.2 Å². The van der Waals surface area contributed by atoms with Crippen LogP contribution in [-0.2, 0) is 11.2 Å². The number of amides is 1. The molecule has 128 valence electrons. The van der Waals surface area contributed by atoms with Crippen molar-refractivity contribution in [3.63, 3.8) is 0 Å². The average Bonchev–Trinajstić information content (AvgIpc) is 2.51. The van der Waals surface area contributed by atoms with Gasteiger partial charge in [-0.15, -0.1) is 0 Å². The zero-order valence-corrected chi connectivity index (χ0v) is 14.7. The van der Waals surface area contributed by atoms with Crippen molar-refractivity contribution in [2.45, 2.75) is 64.5 Å². The maximum absolute atomic E-state index is 12.7. The van der Waals surface area contributed by atoms with Gasteiger partial charge in [0.25, 0.3) is 0 Å². The first-order chi connectivity index (χ1) is 10.9. The number of rotatable bonds is 6. The highest BCUT2D eigenvalue weighted by molar-refractivity contribution is 5.77. The Bertz CT molecular complexity index is 539. The van der Waals surface area contributed by atoms with Gasteiger partial charge in [-0.2, -0.15) is 0 Å². The molecule has 2 atom stereocenters. The number of ether oxygens (including phenoxy) is 1. The molecule has 1 aliphatic rings. The van der Waals surface area contributed by atoms with Crippen LogP contribution in [0, 0.1) is 0 Å². The van der Waals surface area contributed by atoms with E-state index in [1.165, 1.54) is 11.1 Å². The molecule has 1 amide bonds. The van der Waals surface area contributed by atoms with E-state index in [0.29, 0.717) is 13.0 Å². The van der Waals surface area contributed by atoms with Crippen LogP contribution in [0.4, 0.5) is 0 Å². The molecule has 1 aromatic rings. The molecule has 1 aromatic carbocycles. The number of benzene rings is 1. The van der Waals surface area contributed by atoms with Crippen LogP contribution >= 0.6 is 0 Å². The monoisotopic (exact) mass is 319 g/mol. The van der Waals surface area contributed by atoms with Gasteiger partial charge in [0.1, 0.15) is 5.75 Å². The fourth-order valence-electron chi connectivity index (χ4n) is 3.44. The number of hydrogen-bond acceptors (Lipinski definition) is 3. The number of aliphatic hydroxyl groups excluding tert-OH is 1. The van der Waals surface area contributed by atoms with Gasteiger partial charge in [0.05, 0.1) is 13.2 Å². The third kappa shape index (κ3) is 4.47. The molecule has 23 heavy (non-hydrogen) atoms. The number of carbonyl (C=O) groups is 1. The van der Waals surface area contributed by atoms with Crippen molar-refractivity contribution in [1.82, 2.24) is 4.90 Å². The predicted octanol–water partition coefficient (Wildman–Crippen LogP) is 3.12. The van der Waals surface area contributed by atoms with Gasteiger partial charge in [0, 0.05) is 19.0 Å². The Balaban J connectivity index is 2.13. The van der Waals surface area contributed by atoms with Crippen molar-refractivity contribution in [3.05, 3.63) is 29.3 Å². The largest absolute Gasteiger partial charge is 0.497 e. The molecule has 0 saturated carbocycles. The Morgan fingerprint density at radius 1 is 1.39 bits per heavy atom. The zero-order valence-electron chi connectivity index (χ0n) is 14.7. The average molecular weight is 319 g/mol. The molecule has 0 saturated heterocycles. The van der Waals surface area contributed by atoms with E-state index in [4.69, 9.17) is 4.74 Å². The van der Waals surface area contributed by atoms with Crippen LogP contribution in [0.2, 0.25) is 0 Å². The van der Waals surface area contributed by atoms with Crippen molar-refractivity contribution >= 4 is 5.91 Å². The molecule has 4 nitrogen and oxygen atoms in total. The predicted molar refractivity (Wildman–Crippen MR) is 91.8 cm³/mol. The molecule has 0 aromatic heterocycles. The molecule has 0 bridgehead atoms. The summed E-state index contributed by atoms with van der Waals surface area (Å²) in [5.74, 6) is 1.29. The Labute approximate surface area is 139 Å². The van der Waals surface area contributed by atoms with Gasteiger partial charge in [-0.05, 0) is 69.2 Å². The lowest BCUT2D eigenvalue weighted by atomic mass is 9.80. The quantitative estimate of drug-likeness (QED) is 0.876. The smallest absolute Gasteiger partial charge is 0.223 e. The van der Waals surface area contributed by atoms with E-state index in [-0.39, 0.29) is 17.9 Å². The van der Waals surface area contributed by atoms with Crippen LogP contribution in [0.5, 0.6) is 5.75 Å². The number of carbonyl (C=O) groups excluding carboxylic acids is 1. The molecule has 2 rings (SSSR count). The van der Waals surface area contributed by atoms with Crippen LogP contribution in [0.25, 0.3) is 0 Å². The molecule has 2 unspecified atom stereocenters. The second-order valence-corrected chi connectivity index (χ2v) is 6.85. The van der Waals surface area contributed by atoms with Gasteiger partial charge in [-0.3, -0.25) is 4.79 Å². The Hall–Kier alpha value is -1.55. The summed E-state index contributed by atoms with van der Waals surface area (Å²) in [6.07, 6.45) is 3.23. The van der Waals surface area contributed by atoms with Gasteiger partial charge < -0.3 is 14.7 Å². The fourth-order valence-corrected chi connectivity index (χ4v) is 3.44. The SMILES string of the molecule is COc1ccc2c(c1)CCCC2CC(=O)N(CC(C)O)C(C)C. The maximum atomic E-state index is 12.7. The number of fused-ring (bicyclic) bond motifs is 1. The summed E-state index contributed by atoms with van der Waals surface area (Å²) in [4.78, 5) is 14.5. The number of aryl methyl sites for hydroxylation is 1. The minimum absolute atomic E-state index is 0.107. The molecular weight excluding hydrogens is 290 g/mol. The highest BCUT2D eigenvalue weighted by Gasteiger charge is 2.26. The van der Waals surface area contributed by atoms with Crippen LogP contribution in [0.1, 0.15) is 57.1 Å². The van der Waals surface area contributed by atoms with Gasteiger partial charge in [0.2, 0.25) is 5.91 Å². The summed E-state index contributed by atoms with van der Waals surface area (Å²) in [7, 11) is 1.68. The lowest BCUT2D eigenvalue weighted by molar-refractivity contribution is -0.134. The van der Waals surface area contributed by atoms with E-state index in [1.54, 1.807) is 18.9 Å². The lowest BCUT2D eigenvalue weighted by Gasteiger charge is -2.31. The summed E-state index contributed by atoms with van der Waals surface area (Å²) in [6, 6.07) is 6.30. The summed E-state index contributed by atoms with van der Waals surface area (Å²) in [5, 5.41) is 9.63. The molecule has 1 aliphatic carbocycles. The van der Waals surface area contributed by atoms with E-state index in [2.05, 4.69) is 12.1 Å². The third-order valence-electron chi connectivity index (χ3n) is 4.61. The molecule has 4 heteroatoms. The summed E-state index contributed by atoms with van der Waals surface area (Å²) in [6.45, 7) is 6.13. The fraction of sp³-hybridized carbons (Fsp3) is 0.632. The normalized spacial score (nSPS) is 18.4. The maximum Gasteiger partial charge on any atom is 0.223 e. The highest BCUT2D eigenvalue weighted by atomic mass is 16.5. The van der Waals surface area contributed by atoms with Crippen LogP contribution in [0.3, 0.4) is 0 Å². The number of nitrogens with zero attached hydrogens (tertiary/aromatic N) is 1. The first-order valence-corrected chi connectivity index (χ1v) is 8.56. The second-order valence-electron chi connectivity index (χ2n) is 6.85. The van der Waals surface area contributed by atoms with Crippen LogP contribution in [-0.4, -0.2) is 41.7 Å². The van der Waals surface area contributed by atoms with Gasteiger partial charge in [-0.1, -0.05) is 6.07 Å². The van der Waals surface area contributed by atoms with E-state index in [9.17, 15) is 9.90 Å². The summed E-state index contributed by atoms with van der Waals surface area (Å²) >= 11 is 0. The summed E-state index contributed by atoms with van der Waals surface area (Å²) in [5.41, 5.74) is 2.59. The topological polar surface area (TPSA) is 49.8 Å². The third-order valence-corrected chi connectivity index (χ3v) is 4.61. The zero-order chi connectivity index (χ0) is 17.0. The highest BCUT2D eigenvalue weighted by Crippen LogP contribution is 2.36. The second kappa shape index (κ2) is 7.82. The Morgan fingerprint density at radius 3 is 2.74 bits per heavy atom. The van der Waals surface area contributed by atoms with E-state index >= 15 is 0 Å². The lowest BCUT2D eigenvalue weighted by Crippen LogP contribution is -2.42. The number of methoxy groups -OCH3 is 1. The van der Waals surface area contributed by atoms with Crippen molar-refractivity contribution in [1.29, 1.82) is 0 Å². The Kier molecular flexibility index (Phi) is 6.05. The van der Waals surface area contributed by atoms with Gasteiger partial charge in [-0.25, -0.2) is 0 Å². The van der Waals surface area contributed by atoms with E-state index in [1.807, 2.05) is 19.9 Å². The summed E-state index contributed by atoms with van der Waals surface area (Å²) < 4.78 is 5.31. The number of hydrogen-bond donors (Lipinski definition) is 1. The molecule has 0 radical (unpaired) electrons. The van der Waals surface area contributed by atoms with Gasteiger partial charge in [0.15, 0.2) is 0 Å². The standard InChI is InChI=1S/C19H29NO3/c1-13(2)20(12-14(3)21)19(22)11-16-7-5-6-15-10-17(23-4)8-9-18(15)16/h8-10,13-14,16,21H,5-7,11-12H2,1-4H3. The molecule has 0 aliphatic heterocycles. The minimum atomic E-state index is -0.496. The van der Waals surface area contributed by atoms with Crippen molar-refractivity contribution in [3.8, 4) is 5.75 Å². The van der Waals surface area contributed by atoms with Crippen molar-refractivity contribution in [2.24, 2.45) is 0 Å².